The van der Waals surface area contributed by atoms with Crippen molar-refractivity contribution in [3.63, 3.8) is 0 Å². The predicted octanol–water partition coefficient (Wildman–Crippen LogP) is 10.1. The topological polar surface area (TPSA) is 72.5 Å². The van der Waals surface area contributed by atoms with Gasteiger partial charge in [-0.15, -0.1) is 0 Å². The van der Waals surface area contributed by atoms with Crippen LogP contribution in [0, 0.1) is 0 Å². The number of benzene rings is 1. The Hall–Kier alpha value is -1.67. The lowest BCUT2D eigenvalue weighted by molar-refractivity contribution is -0.145. The van der Waals surface area contributed by atoms with E-state index in [1.807, 2.05) is 0 Å². The normalized spacial score (nSPS) is 11.3. The van der Waals surface area contributed by atoms with E-state index in [1.165, 1.54) is 115 Å². The van der Waals surface area contributed by atoms with Gasteiger partial charge in [0.1, 0.15) is 19.0 Å². The molecule has 0 aliphatic carbocycles. The summed E-state index contributed by atoms with van der Waals surface area (Å²) >= 11 is 0. The molecule has 7 nitrogen and oxygen atoms in total. The van der Waals surface area contributed by atoms with E-state index in [1.54, 1.807) is 0 Å². The van der Waals surface area contributed by atoms with E-state index in [2.05, 4.69) is 38.1 Å². The molecule has 0 saturated carbocycles. The molecule has 0 fully saturated rings. The van der Waals surface area contributed by atoms with Gasteiger partial charge in [0.05, 0.1) is 52.9 Å². The van der Waals surface area contributed by atoms with E-state index in [4.69, 9.17) is 28.4 Å². The molecule has 0 aliphatic heterocycles. The number of carbonyl (C=O) groups is 1. The van der Waals surface area contributed by atoms with Crippen molar-refractivity contribution in [2.45, 2.75) is 149 Å². The third-order valence-electron chi connectivity index (χ3n) is 8.33. The van der Waals surface area contributed by atoms with Crippen LogP contribution in [0.4, 0.5) is 0 Å². The summed E-state index contributed by atoms with van der Waals surface area (Å²) in [7, 11) is 0. The first-order chi connectivity index (χ1) is 23.3. The smallest absolute Gasteiger partial charge is 0.305 e. The lowest BCUT2D eigenvalue weighted by Gasteiger charge is -2.09. The molecule has 1 aromatic rings. The van der Waals surface area contributed by atoms with E-state index in [-0.39, 0.29) is 5.97 Å². The largest absolute Gasteiger partial charge is 0.491 e. The van der Waals surface area contributed by atoms with Crippen LogP contribution in [0.25, 0.3) is 0 Å². The van der Waals surface area contributed by atoms with Crippen molar-refractivity contribution in [1.82, 2.24) is 0 Å². The fraction of sp³-hybridized carbons (Fsp3) is 0.825. The summed E-state index contributed by atoms with van der Waals surface area (Å²) in [6.07, 6.45) is 26.5. The average Bonchev–Trinajstić information content (AvgIpc) is 3.08. The van der Waals surface area contributed by atoms with Gasteiger partial charge in [-0.25, -0.2) is 0 Å². The lowest BCUT2D eigenvalue weighted by Crippen LogP contribution is -2.15. The van der Waals surface area contributed by atoms with Crippen molar-refractivity contribution in [3.05, 3.63) is 29.8 Å². The summed E-state index contributed by atoms with van der Waals surface area (Å²) in [4.78, 5) is 11.9. The third kappa shape index (κ3) is 31.4. The molecule has 0 unspecified atom stereocenters. The van der Waals surface area contributed by atoms with Crippen molar-refractivity contribution in [1.29, 1.82) is 0 Å². The standard InChI is InChI=1S/C40H72O7/c1-3-5-7-9-11-12-13-14-15-16-17-19-21-23-40(41)47-37-35-45-33-31-43-29-28-42-30-32-44-34-36-46-39-26-24-38(25-27-39)22-20-18-10-8-6-4-2/h24-27H,3-23,28-37H2,1-2H3. The molecule has 0 aromatic heterocycles. The summed E-state index contributed by atoms with van der Waals surface area (Å²) in [5.41, 5.74) is 1.38. The zero-order valence-electron chi connectivity index (χ0n) is 30.6. The Morgan fingerprint density at radius 3 is 1.30 bits per heavy atom. The molecule has 47 heavy (non-hydrogen) atoms. The van der Waals surface area contributed by atoms with Gasteiger partial charge < -0.3 is 28.4 Å². The number of hydrogen-bond acceptors (Lipinski definition) is 7. The quantitative estimate of drug-likeness (QED) is 0.0518. The fourth-order valence-corrected chi connectivity index (χ4v) is 5.42. The highest BCUT2D eigenvalue weighted by molar-refractivity contribution is 5.69. The minimum Gasteiger partial charge on any atom is -0.491 e. The van der Waals surface area contributed by atoms with Crippen LogP contribution in [0.3, 0.4) is 0 Å². The molecular weight excluding hydrogens is 592 g/mol. The second-order valence-corrected chi connectivity index (χ2v) is 12.7. The van der Waals surface area contributed by atoms with Crippen molar-refractivity contribution in [2.24, 2.45) is 0 Å². The first-order valence-electron chi connectivity index (χ1n) is 19.4. The average molecular weight is 665 g/mol. The monoisotopic (exact) mass is 665 g/mol. The zero-order valence-corrected chi connectivity index (χ0v) is 30.6. The fourth-order valence-electron chi connectivity index (χ4n) is 5.42. The van der Waals surface area contributed by atoms with Gasteiger partial charge in [-0.1, -0.05) is 135 Å². The second-order valence-electron chi connectivity index (χ2n) is 12.7. The van der Waals surface area contributed by atoms with Crippen molar-refractivity contribution in [2.75, 3.05) is 66.1 Å². The minimum atomic E-state index is -0.120. The molecular formula is C40H72O7. The SMILES string of the molecule is CCCCCCCCCCCCCCCC(=O)OCCOCCOCCOCCOCCOc1ccc(CCCCCCCC)cc1. The van der Waals surface area contributed by atoms with Crippen LogP contribution in [0.15, 0.2) is 24.3 Å². The van der Waals surface area contributed by atoms with Gasteiger partial charge in [-0.2, -0.15) is 0 Å². The Balaban J connectivity index is 1.75. The van der Waals surface area contributed by atoms with E-state index in [0.29, 0.717) is 72.5 Å². The third-order valence-corrected chi connectivity index (χ3v) is 8.33. The Labute approximate surface area is 289 Å². The highest BCUT2D eigenvalue weighted by Crippen LogP contribution is 2.16. The summed E-state index contributed by atoms with van der Waals surface area (Å²) in [5, 5.41) is 0. The lowest BCUT2D eigenvalue weighted by atomic mass is 10.0. The first kappa shape index (κ1) is 43.4. The number of rotatable bonds is 37. The van der Waals surface area contributed by atoms with Gasteiger partial charge >= 0.3 is 5.97 Å². The van der Waals surface area contributed by atoms with Crippen molar-refractivity contribution in [3.8, 4) is 5.75 Å². The van der Waals surface area contributed by atoms with Gasteiger partial charge in [-0.3, -0.25) is 4.79 Å². The molecule has 0 heterocycles. The molecule has 274 valence electrons. The van der Waals surface area contributed by atoms with Crippen LogP contribution in [0.1, 0.15) is 148 Å². The number of aryl methyl sites for hydroxylation is 1. The first-order valence-corrected chi connectivity index (χ1v) is 19.4. The number of carbonyl (C=O) groups excluding carboxylic acids is 1. The Morgan fingerprint density at radius 1 is 0.447 bits per heavy atom. The summed E-state index contributed by atoms with van der Waals surface area (Å²) in [6.45, 7) is 9.33. The molecule has 7 heteroatoms. The number of esters is 1. The molecule has 1 aromatic carbocycles. The van der Waals surface area contributed by atoms with Gasteiger partial charge in [0.15, 0.2) is 0 Å². The molecule has 0 aliphatic rings. The van der Waals surface area contributed by atoms with E-state index in [9.17, 15) is 4.79 Å². The Bertz CT molecular complexity index is 770. The van der Waals surface area contributed by atoms with Gasteiger partial charge in [0.2, 0.25) is 0 Å². The van der Waals surface area contributed by atoms with Crippen LogP contribution < -0.4 is 4.74 Å². The summed E-state index contributed by atoms with van der Waals surface area (Å²) in [5.74, 6) is 0.768. The Morgan fingerprint density at radius 2 is 0.830 bits per heavy atom. The molecule has 0 amide bonds. The minimum absolute atomic E-state index is 0.120. The number of hydrogen-bond donors (Lipinski definition) is 0. The van der Waals surface area contributed by atoms with Gasteiger partial charge in [-0.05, 0) is 37.0 Å². The van der Waals surface area contributed by atoms with Gasteiger partial charge in [0.25, 0.3) is 0 Å². The van der Waals surface area contributed by atoms with Gasteiger partial charge in [0, 0.05) is 6.42 Å². The van der Waals surface area contributed by atoms with Crippen molar-refractivity contribution < 1.29 is 33.2 Å². The van der Waals surface area contributed by atoms with Crippen LogP contribution in [-0.4, -0.2) is 72.0 Å². The number of unbranched alkanes of at least 4 members (excludes halogenated alkanes) is 17. The van der Waals surface area contributed by atoms with E-state index < -0.39 is 0 Å². The molecule has 0 bridgehead atoms. The maximum Gasteiger partial charge on any atom is 0.305 e. The highest BCUT2D eigenvalue weighted by Gasteiger charge is 2.03. The van der Waals surface area contributed by atoms with E-state index >= 15 is 0 Å². The van der Waals surface area contributed by atoms with E-state index in [0.717, 1.165) is 25.0 Å². The molecule has 0 radical (unpaired) electrons. The predicted molar refractivity (Wildman–Crippen MR) is 194 cm³/mol. The maximum absolute atomic E-state index is 11.9. The summed E-state index contributed by atoms with van der Waals surface area (Å²) in [6, 6.07) is 8.45. The molecule has 0 saturated heterocycles. The van der Waals surface area contributed by atoms with Crippen LogP contribution in [-0.2, 0) is 34.9 Å². The zero-order chi connectivity index (χ0) is 33.7. The molecule has 1 rings (SSSR count). The summed E-state index contributed by atoms with van der Waals surface area (Å²) < 4.78 is 33.2. The molecule has 0 N–H and O–H groups in total. The second kappa shape index (κ2) is 35.6. The van der Waals surface area contributed by atoms with Crippen LogP contribution in [0.5, 0.6) is 5.75 Å². The highest BCUT2D eigenvalue weighted by atomic mass is 16.6. The van der Waals surface area contributed by atoms with Crippen molar-refractivity contribution >= 4 is 5.97 Å². The maximum atomic E-state index is 11.9. The molecule has 0 spiro atoms. The van der Waals surface area contributed by atoms with Crippen LogP contribution >= 0.6 is 0 Å². The Kier molecular flexibility index (Phi) is 32.9. The number of ether oxygens (including phenoxy) is 6. The van der Waals surface area contributed by atoms with Crippen LogP contribution in [0.2, 0.25) is 0 Å². The molecule has 0 atom stereocenters.